The second-order valence-electron chi connectivity index (χ2n) is 3.42. The molecule has 2 radical (unpaired) electrons. The van der Waals surface area contributed by atoms with E-state index < -0.39 is 6.00 Å². The van der Waals surface area contributed by atoms with Gasteiger partial charge in [0.1, 0.15) is 20.1 Å². The van der Waals surface area contributed by atoms with Gasteiger partial charge in [-0.15, -0.1) is 0 Å². The third kappa shape index (κ3) is 2.95. The van der Waals surface area contributed by atoms with Gasteiger partial charge in [0.25, 0.3) is 0 Å². The third-order valence-electron chi connectivity index (χ3n) is 2.37. The summed E-state index contributed by atoms with van der Waals surface area (Å²) in [5, 5.41) is 0. The fourth-order valence-electron chi connectivity index (χ4n) is 1.33. The molecule has 0 saturated carbocycles. The van der Waals surface area contributed by atoms with Crippen molar-refractivity contribution in [2.45, 2.75) is 31.2 Å². The van der Waals surface area contributed by atoms with Crippen LogP contribution >= 0.6 is 0 Å². The SMILES string of the molecule is [B][C@@H]1OC[C@H](OC)[C@@H]1OCC(C)OC. The zero-order valence-corrected chi connectivity index (χ0v) is 8.93. The van der Waals surface area contributed by atoms with E-state index >= 15 is 0 Å². The van der Waals surface area contributed by atoms with E-state index in [1.807, 2.05) is 6.92 Å². The van der Waals surface area contributed by atoms with E-state index in [2.05, 4.69) is 0 Å². The van der Waals surface area contributed by atoms with Crippen LogP contribution in [0.4, 0.5) is 0 Å². The number of hydrogen-bond donors (Lipinski definition) is 0. The van der Waals surface area contributed by atoms with Gasteiger partial charge in [0.05, 0.1) is 19.3 Å². The minimum absolute atomic E-state index is 0.0558. The minimum Gasteiger partial charge on any atom is -0.382 e. The van der Waals surface area contributed by atoms with E-state index in [1.165, 1.54) is 0 Å². The molecule has 0 bridgehead atoms. The van der Waals surface area contributed by atoms with Crippen LogP contribution in [0.3, 0.4) is 0 Å². The summed E-state index contributed by atoms with van der Waals surface area (Å²) >= 11 is 0. The summed E-state index contributed by atoms with van der Waals surface area (Å²) in [6.45, 7) is 2.92. The van der Waals surface area contributed by atoms with Crippen molar-refractivity contribution in [2.24, 2.45) is 0 Å². The monoisotopic (exact) mass is 200 g/mol. The molecule has 0 aliphatic carbocycles. The average molecular weight is 200 g/mol. The third-order valence-corrected chi connectivity index (χ3v) is 2.37. The zero-order chi connectivity index (χ0) is 10.6. The first-order chi connectivity index (χ1) is 6.69. The molecule has 0 aromatic heterocycles. The molecule has 4 nitrogen and oxygen atoms in total. The van der Waals surface area contributed by atoms with Gasteiger partial charge in [-0.3, -0.25) is 0 Å². The Hall–Kier alpha value is -0.0951. The maximum atomic E-state index is 5.70. The van der Waals surface area contributed by atoms with Crippen LogP contribution in [-0.4, -0.2) is 59.6 Å². The number of methoxy groups -OCH3 is 2. The largest absolute Gasteiger partial charge is 0.382 e. The van der Waals surface area contributed by atoms with Crippen molar-refractivity contribution in [3.8, 4) is 0 Å². The summed E-state index contributed by atoms with van der Waals surface area (Å²) < 4.78 is 21.0. The van der Waals surface area contributed by atoms with Gasteiger partial charge in [-0.2, -0.15) is 0 Å². The van der Waals surface area contributed by atoms with Crippen LogP contribution in [0, 0.1) is 0 Å². The summed E-state index contributed by atoms with van der Waals surface area (Å²) in [5.41, 5.74) is 0. The number of hydrogen-bond acceptors (Lipinski definition) is 4. The smallest absolute Gasteiger partial charge is 0.112 e. The van der Waals surface area contributed by atoms with Gasteiger partial charge >= 0.3 is 0 Å². The van der Waals surface area contributed by atoms with E-state index in [0.29, 0.717) is 13.2 Å². The summed E-state index contributed by atoms with van der Waals surface area (Å²) in [6.07, 6.45) is -0.216. The molecule has 0 N–H and O–H groups in total. The first-order valence-electron chi connectivity index (χ1n) is 4.73. The van der Waals surface area contributed by atoms with Crippen molar-refractivity contribution in [3.63, 3.8) is 0 Å². The van der Waals surface area contributed by atoms with Crippen LogP contribution in [0.5, 0.6) is 0 Å². The number of rotatable bonds is 5. The number of ether oxygens (including phenoxy) is 4. The van der Waals surface area contributed by atoms with Crippen LogP contribution in [0.2, 0.25) is 0 Å². The molecule has 1 unspecified atom stereocenters. The van der Waals surface area contributed by atoms with E-state index in [-0.39, 0.29) is 18.3 Å². The highest BCUT2D eigenvalue weighted by molar-refractivity contribution is 6.11. The fourth-order valence-corrected chi connectivity index (χ4v) is 1.33. The molecule has 0 spiro atoms. The minimum atomic E-state index is -0.399. The van der Waals surface area contributed by atoms with Crippen molar-refractivity contribution >= 4 is 7.85 Å². The van der Waals surface area contributed by atoms with Crippen LogP contribution < -0.4 is 0 Å². The molecule has 0 amide bonds. The van der Waals surface area contributed by atoms with E-state index in [9.17, 15) is 0 Å². The Morgan fingerprint density at radius 2 is 2.21 bits per heavy atom. The van der Waals surface area contributed by atoms with Crippen molar-refractivity contribution in [1.29, 1.82) is 0 Å². The van der Waals surface area contributed by atoms with Crippen molar-refractivity contribution < 1.29 is 18.9 Å². The average Bonchev–Trinajstić information content (AvgIpc) is 2.55. The molecule has 0 aromatic rings. The quantitative estimate of drug-likeness (QED) is 0.583. The fraction of sp³-hybridized carbons (Fsp3) is 1.00. The Bertz CT molecular complexity index is 167. The first-order valence-corrected chi connectivity index (χ1v) is 4.73. The Morgan fingerprint density at radius 3 is 2.79 bits per heavy atom. The molecule has 0 aromatic carbocycles. The van der Waals surface area contributed by atoms with E-state index in [0.717, 1.165) is 0 Å². The summed E-state index contributed by atoms with van der Waals surface area (Å²) in [4.78, 5) is 0. The molecule has 5 heteroatoms. The Kier molecular flexibility index (Phi) is 4.88. The lowest BCUT2D eigenvalue weighted by Crippen LogP contribution is -2.36. The van der Waals surface area contributed by atoms with Gasteiger partial charge in [-0.25, -0.2) is 0 Å². The summed E-state index contributed by atoms with van der Waals surface area (Å²) in [5.74, 6) is 0. The zero-order valence-electron chi connectivity index (χ0n) is 8.93. The van der Waals surface area contributed by atoms with Crippen molar-refractivity contribution in [3.05, 3.63) is 0 Å². The molecule has 1 aliphatic heterocycles. The Balaban J connectivity index is 2.33. The van der Waals surface area contributed by atoms with E-state index in [4.69, 9.17) is 26.8 Å². The van der Waals surface area contributed by atoms with Gasteiger partial charge < -0.3 is 18.9 Å². The molecule has 1 saturated heterocycles. The standard InChI is InChI=1S/C9H17BO4/c1-6(11-2)4-13-8-7(12-3)5-14-9(8)10/h6-9H,4-5H2,1-3H3/t6?,7-,8-,9+/m0/s1. The topological polar surface area (TPSA) is 36.9 Å². The van der Waals surface area contributed by atoms with Gasteiger partial charge in [0, 0.05) is 20.2 Å². The summed E-state index contributed by atoms with van der Waals surface area (Å²) in [7, 11) is 8.98. The van der Waals surface area contributed by atoms with E-state index in [1.54, 1.807) is 14.2 Å². The van der Waals surface area contributed by atoms with Crippen LogP contribution in [0.1, 0.15) is 6.92 Å². The lowest BCUT2D eigenvalue weighted by atomic mass is 9.93. The van der Waals surface area contributed by atoms with Gasteiger partial charge in [-0.1, -0.05) is 0 Å². The van der Waals surface area contributed by atoms with Crippen molar-refractivity contribution in [2.75, 3.05) is 27.4 Å². The van der Waals surface area contributed by atoms with Gasteiger partial charge in [0.15, 0.2) is 0 Å². The molecule has 1 heterocycles. The highest BCUT2D eigenvalue weighted by atomic mass is 16.6. The predicted molar refractivity (Wildman–Crippen MR) is 52.5 cm³/mol. The van der Waals surface area contributed by atoms with Crippen LogP contribution in [0.25, 0.3) is 0 Å². The maximum Gasteiger partial charge on any atom is 0.112 e. The lowest BCUT2D eigenvalue weighted by Gasteiger charge is -2.22. The molecule has 4 atom stereocenters. The molecule has 1 fully saturated rings. The van der Waals surface area contributed by atoms with Crippen LogP contribution in [-0.2, 0) is 18.9 Å². The Labute approximate surface area is 86.3 Å². The highest BCUT2D eigenvalue weighted by Gasteiger charge is 2.35. The second kappa shape index (κ2) is 5.71. The molecular weight excluding hydrogens is 183 g/mol. The van der Waals surface area contributed by atoms with Crippen LogP contribution in [0.15, 0.2) is 0 Å². The molecule has 14 heavy (non-hydrogen) atoms. The maximum absolute atomic E-state index is 5.70. The highest BCUT2D eigenvalue weighted by Crippen LogP contribution is 2.18. The first kappa shape index (κ1) is 12.0. The Morgan fingerprint density at radius 1 is 1.50 bits per heavy atom. The predicted octanol–water partition coefficient (Wildman–Crippen LogP) is -0.0537. The molecule has 80 valence electrons. The molecule has 1 rings (SSSR count). The van der Waals surface area contributed by atoms with Crippen molar-refractivity contribution in [1.82, 2.24) is 0 Å². The van der Waals surface area contributed by atoms with Gasteiger partial charge in [-0.05, 0) is 6.92 Å². The molecule has 1 aliphatic rings. The second-order valence-corrected chi connectivity index (χ2v) is 3.42. The summed E-state index contributed by atoms with van der Waals surface area (Å²) in [6, 6.07) is -0.399. The van der Waals surface area contributed by atoms with Gasteiger partial charge in [0.2, 0.25) is 0 Å². The molecular formula is C9H17BO4. The normalized spacial score (nSPS) is 34.6. The lowest BCUT2D eigenvalue weighted by molar-refractivity contribution is -0.0671.